The smallest absolute Gasteiger partial charge is 0.157 e. The summed E-state index contributed by atoms with van der Waals surface area (Å²) in [7, 11) is 0. The summed E-state index contributed by atoms with van der Waals surface area (Å²) in [5, 5.41) is 7.36. The molecule has 0 saturated carbocycles. The molecule has 126 valence electrons. The van der Waals surface area contributed by atoms with Crippen LogP contribution in [0.1, 0.15) is 17.0 Å². The monoisotopic (exact) mass is 397 g/mol. The number of rotatable bonds is 4. The summed E-state index contributed by atoms with van der Waals surface area (Å²) in [6.45, 7) is 4.56. The molecule has 0 fully saturated rings. The number of H-pyrrole nitrogens is 1. The van der Waals surface area contributed by atoms with E-state index in [-0.39, 0.29) is 0 Å². The van der Waals surface area contributed by atoms with E-state index < -0.39 is 0 Å². The van der Waals surface area contributed by atoms with Gasteiger partial charge in [-0.2, -0.15) is 0 Å². The zero-order chi connectivity index (χ0) is 17.4. The number of aromatic nitrogens is 4. The molecule has 6 nitrogen and oxygen atoms in total. The average molecular weight is 398 g/mol. The zero-order valence-corrected chi connectivity index (χ0v) is 15.4. The Kier molecular flexibility index (Phi) is 4.01. The molecule has 25 heavy (non-hydrogen) atoms. The first-order valence-corrected chi connectivity index (χ1v) is 8.67. The van der Waals surface area contributed by atoms with Crippen LogP contribution in [-0.4, -0.2) is 20.1 Å². The van der Waals surface area contributed by atoms with E-state index in [1.807, 2.05) is 44.2 Å². The lowest BCUT2D eigenvalue weighted by molar-refractivity contribution is 0.392. The number of aryl methyl sites for hydroxylation is 2. The van der Waals surface area contributed by atoms with Crippen LogP contribution in [0, 0.1) is 13.8 Å². The minimum absolute atomic E-state index is 0.684. The molecule has 1 aromatic carbocycles. The molecule has 0 amide bonds. The zero-order valence-electron chi connectivity index (χ0n) is 13.8. The van der Waals surface area contributed by atoms with E-state index in [0.717, 1.165) is 49.7 Å². The summed E-state index contributed by atoms with van der Waals surface area (Å²) in [6.07, 6.45) is 1.76. The summed E-state index contributed by atoms with van der Waals surface area (Å²) in [5.41, 5.74) is 5.67. The van der Waals surface area contributed by atoms with Crippen molar-refractivity contribution in [2.45, 2.75) is 20.4 Å². The number of nitrogens with zero attached hydrogens (tertiary/aromatic N) is 3. The van der Waals surface area contributed by atoms with Gasteiger partial charge in [-0.15, -0.1) is 0 Å². The quantitative estimate of drug-likeness (QED) is 0.525. The third-order valence-corrected chi connectivity index (χ3v) is 4.55. The van der Waals surface area contributed by atoms with Crippen LogP contribution in [0.4, 0.5) is 5.69 Å². The molecule has 0 aliphatic heterocycles. The predicted octanol–water partition coefficient (Wildman–Crippen LogP) is 4.60. The van der Waals surface area contributed by atoms with Crippen molar-refractivity contribution in [2.75, 3.05) is 5.32 Å². The van der Waals surface area contributed by atoms with E-state index in [9.17, 15) is 0 Å². The predicted molar refractivity (Wildman–Crippen MR) is 100 cm³/mol. The second-order valence-corrected chi connectivity index (χ2v) is 6.76. The molecular weight excluding hydrogens is 382 g/mol. The fourth-order valence-corrected chi connectivity index (χ4v) is 3.02. The number of anilines is 1. The van der Waals surface area contributed by atoms with Crippen molar-refractivity contribution in [2.24, 2.45) is 0 Å². The van der Waals surface area contributed by atoms with Gasteiger partial charge in [0.1, 0.15) is 17.1 Å². The highest BCUT2D eigenvalue weighted by atomic mass is 79.9. The molecule has 0 bridgehead atoms. The number of nitrogens with one attached hydrogen (secondary N) is 2. The first kappa shape index (κ1) is 15.8. The summed E-state index contributed by atoms with van der Waals surface area (Å²) >= 11 is 3.42. The summed E-state index contributed by atoms with van der Waals surface area (Å²) in [4.78, 5) is 12.2. The standard InChI is InChI=1S/C18H16BrN5O/c1-10-15(11(2)25-24-10)9-20-14-5-3-12(4-6-14)17-22-16-7-13(19)8-21-18(16)23-17/h3-8,20H,9H2,1-2H3,(H,21,22,23). The number of aromatic amines is 1. The van der Waals surface area contributed by atoms with Crippen molar-refractivity contribution >= 4 is 32.8 Å². The molecule has 0 spiro atoms. The number of hydrogen-bond donors (Lipinski definition) is 2. The first-order valence-electron chi connectivity index (χ1n) is 7.87. The van der Waals surface area contributed by atoms with Crippen molar-refractivity contribution < 1.29 is 4.52 Å². The van der Waals surface area contributed by atoms with Gasteiger partial charge in [-0.3, -0.25) is 0 Å². The van der Waals surface area contributed by atoms with Crippen LogP contribution >= 0.6 is 15.9 Å². The van der Waals surface area contributed by atoms with Crippen LogP contribution in [0.5, 0.6) is 0 Å². The van der Waals surface area contributed by atoms with E-state index >= 15 is 0 Å². The van der Waals surface area contributed by atoms with Crippen molar-refractivity contribution in [3.63, 3.8) is 0 Å². The molecule has 0 unspecified atom stereocenters. The topological polar surface area (TPSA) is 79.6 Å². The minimum Gasteiger partial charge on any atom is -0.381 e. The Morgan fingerprint density at radius 1 is 1.20 bits per heavy atom. The van der Waals surface area contributed by atoms with Gasteiger partial charge < -0.3 is 14.8 Å². The van der Waals surface area contributed by atoms with Crippen LogP contribution in [0.25, 0.3) is 22.6 Å². The summed E-state index contributed by atoms with van der Waals surface area (Å²) in [6, 6.07) is 10.1. The molecular formula is C18H16BrN5O. The van der Waals surface area contributed by atoms with E-state index in [2.05, 4.69) is 41.4 Å². The van der Waals surface area contributed by atoms with Gasteiger partial charge >= 0.3 is 0 Å². The second-order valence-electron chi connectivity index (χ2n) is 5.84. The Morgan fingerprint density at radius 2 is 2.00 bits per heavy atom. The number of pyridine rings is 1. The molecule has 2 N–H and O–H groups in total. The fraction of sp³-hybridized carbons (Fsp3) is 0.167. The second kappa shape index (κ2) is 6.33. The molecule has 3 heterocycles. The maximum Gasteiger partial charge on any atom is 0.157 e. The highest BCUT2D eigenvalue weighted by molar-refractivity contribution is 9.10. The Labute approximate surface area is 152 Å². The van der Waals surface area contributed by atoms with Crippen LogP contribution < -0.4 is 5.32 Å². The van der Waals surface area contributed by atoms with Crippen LogP contribution in [0.2, 0.25) is 0 Å². The highest BCUT2D eigenvalue weighted by Gasteiger charge is 2.09. The molecule has 7 heteroatoms. The lowest BCUT2D eigenvalue weighted by Crippen LogP contribution is -2.01. The third kappa shape index (κ3) is 3.15. The van der Waals surface area contributed by atoms with Crippen molar-refractivity contribution in [1.82, 2.24) is 20.1 Å². The van der Waals surface area contributed by atoms with Gasteiger partial charge in [0.15, 0.2) is 5.65 Å². The fourth-order valence-electron chi connectivity index (χ4n) is 2.70. The van der Waals surface area contributed by atoms with Crippen molar-refractivity contribution in [3.8, 4) is 11.4 Å². The van der Waals surface area contributed by atoms with Crippen LogP contribution in [0.15, 0.2) is 45.5 Å². The molecule has 3 aromatic heterocycles. The number of halogens is 1. The van der Waals surface area contributed by atoms with Crippen LogP contribution in [-0.2, 0) is 6.54 Å². The molecule has 0 radical (unpaired) electrons. The Balaban J connectivity index is 1.53. The molecule has 4 rings (SSSR count). The van der Waals surface area contributed by atoms with Gasteiger partial charge in [-0.05, 0) is 60.1 Å². The van der Waals surface area contributed by atoms with Gasteiger partial charge in [0.2, 0.25) is 0 Å². The Bertz CT molecular complexity index is 1020. The molecule has 4 aromatic rings. The first-order chi connectivity index (χ1) is 12.1. The molecule has 0 aliphatic carbocycles. The van der Waals surface area contributed by atoms with E-state index in [0.29, 0.717) is 6.54 Å². The van der Waals surface area contributed by atoms with E-state index in [1.54, 1.807) is 6.20 Å². The molecule has 0 aliphatic rings. The van der Waals surface area contributed by atoms with Gasteiger partial charge in [0, 0.05) is 34.0 Å². The largest absolute Gasteiger partial charge is 0.381 e. The average Bonchev–Trinajstić information content (AvgIpc) is 3.17. The Hall–Kier alpha value is -2.67. The highest BCUT2D eigenvalue weighted by Crippen LogP contribution is 2.23. The lowest BCUT2D eigenvalue weighted by Gasteiger charge is -2.06. The summed E-state index contributed by atoms with van der Waals surface area (Å²) in [5.74, 6) is 1.65. The van der Waals surface area contributed by atoms with Gasteiger partial charge in [-0.1, -0.05) is 5.16 Å². The Morgan fingerprint density at radius 3 is 2.72 bits per heavy atom. The lowest BCUT2D eigenvalue weighted by atomic mass is 10.1. The number of hydrogen-bond acceptors (Lipinski definition) is 5. The van der Waals surface area contributed by atoms with Gasteiger partial charge in [0.05, 0.1) is 5.69 Å². The maximum absolute atomic E-state index is 5.19. The maximum atomic E-state index is 5.19. The van der Waals surface area contributed by atoms with Gasteiger partial charge in [0.25, 0.3) is 0 Å². The minimum atomic E-state index is 0.684. The summed E-state index contributed by atoms with van der Waals surface area (Å²) < 4.78 is 6.10. The number of imidazole rings is 1. The molecule has 0 atom stereocenters. The van der Waals surface area contributed by atoms with Crippen LogP contribution in [0.3, 0.4) is 0 Å². The molecule has 0 saturated heterocycles. The van der Waals surface area contributed by atoms with Crippen molar-refractivity contribution in [1.29, 1.82) is 0 Å². The van der Waals surface area contributed by atoms with Crippen molar-refractivity contribution in [3.05, 3.63) is 58.0 Å². The number of benzene rings is 1. The van der Waals surface area contributed by atoms with Gasteiger partial charge in [-0.25, -0.2) is 9.97 Å². The van der Waals surface area contributed by atoms with E-state index in [1.165, 1.54) is 0 Å². The third-order valence-electron chi connectivity index (χ3n) is 4.11. The normalized spacial score (nSPS) is 11.2. The SMILES string of the molecule is Cc1noc(C)c1CNc1ccc(-c2nc3cc(Br)cnc3[nH]2)cc1. The van der Waals surface area contributed by atoms with E-state index in [4.69, 9.17) is 4.52 Å². The number of fused-ring (bicyclic) bond motifs is 1.